The van der Waals surface area contributed by atoms with Gasteiger partial charge in [0.2, 0.25) is 0 Å². The van der Waals surface area contributed by atoms with Crippen LogP contribution in [-0.2, 0) is 23.7 Å². The molecule has 55 heavy (non-hydrogen) atoms. The van der Waals surface area contributed by atoms with Gasteiger partial charge in [-0.3, -0.25) is 0 Å². The van der Waals surface area contributed by atoms with Gasteiger partial charge in [0, 0.05) is 5.92 Å². The van der Waals surface area contributed by atoms with Crippen LogP contribution in [0, 0.1) is 44.8 Å². The Labute approximate surface area is 324 Å². The predicted molar refractivity (Wildman–Crippen MR) is 194 cm³/mol. The van der Waals surface area contributed by atoms with Crippen molar-refractivity contribution in [2.75, 3.05) is 13.2 Å². The molecule has 0 radical (unpaired) electrons. The van der Waals surface area contributed by atoms with E-state index in [0.29, 0.717) is 25.7 Å². The Hall–Kier alpha value is -0.560. The first-order valence-electron chi connectivity index (χ1n) is 20.9. The van der Waals surface area contributed by atoms with Gasteiger partial charge in [-0.2, -0.15) is 0 Å². The van der Waals surface area contributed by atoms with E-state index in [2.05, 4.69) is 34.6 Å². The molecule has 9 N–H and O–H groups in total. The van der Waals surface area contributed by atoms with E-state index in [0.717, 1.165) is 32.1 Å². The number of hydrogen-bond acceptors (Lipinski definition) is 14. The predicted octanol–water partition coefficient (Wildman–Crippen LogP) is 0.724. The lowest BCUT2D eigenvalue weighted by Gasteiger charge is -2.65. The first-order valence-corrected chi connectivity index (χ1v) is 20.9. The third-order valence-electron chi connectivity index (χ3n) is 17.6. The van der Waals surface area contributed by atoms with Crippen LogP contribution >= 0.6 is 0 Å². The average Bonchev–Trinajstić information content (AvgIpc) is 3.47. The highest BCUT2D eigenvalue weighted by Crippen LogP contribution is 2.89. The van der Waals surface area contributed by atoms with E-state index in [1.54, 1.807) is 13.8 Å². The van der Waals surface area contributed by atoms with Crippen LogP contribution in [0.1, 0.15) is 106 Å². The topological polar surface area (TPSA) is 228 Å². The maximum atomic E-state index is 12.2. The molecule has 3 aliphatic heterocycles. The highest BCUT2D eigenvalue weighted by atomic mass is 16.7. The monoisotopic (exact) mass is 784 g/mol. The minimum Gasteiger partial charge on any atom is -0.394 e. The van der Waals surface area contributed by atoms with Gasteiger partial charge in [-0.15, -0.1) is 0 Å². The summed E-state index contributed by atoms with van der Waals surface area (Å²) in [7, 11) is 0. The molecule has 0 aromatic carbocycles. The summed E-state index contributed by atoms with van der Waals surface area (Å²) < 4.78 is 31.9. The van der Waals surface area contributed by atoms with E-state index in [4.69, 9.17) is 23.7 Å². The fourth-order valence-corrected chi connectivity index (χ4v) is 14.9. The second kappa shape index (κ2) is 13.2. The summed E-state index contributed by atoms with van der Waals surface area (Å²) in [6.07, 6.45) is -7.48. The summed E-state index contributed by atoms with van der Waals surface area (Å²) >= 11 is 0. The number of rotatable bonds is 7. The molecular formula is C41H68O14. The number of aliphatic hydroxyl groups excluding tert-OH is 8. The number of aliphatic hydroxyl groups is 9. The molecule has 0 unspecified atom stereocenters. The molecule has 8 aliphatic rings. The largest absolute Gasteiger partial charge is 0.394 e. The smallest absolute Gasteiger partial charge is 0.186 e. The van der Waals surface area contributed by atoms with Crippen LogP contribution in [0.4, 0.5) is 0 Å². The maximum absolute atomic E-state index is 12.2. The average molecular weight is 785 g/mol. The molecule has 14 nitrogen and oxygen atoms in total. The van der Waals surface area contributed by atoms with Crippen LogP contribution in [0.2, 0.25) is 0 Å². The van der Waals surface area contributed by atoms with E-state index >= 15 is 0 Å². The first kappa shape index (κ1) is 41.2. The van der Waals surface area contributed by atoms with Crippen molar-refractivity contribution in [1.82, 2.24) is 0 Å². The molecule has 8 rings (SSSR count). The Kier molecular flexibility index (Phi) is 9.90. The zero-order valence-corrected chi connectivity index (χ0v) is 33.6. The van der Waals surface area contributed by atoms with Crippen molar-refractivity contribution >= 4 is 0 Å². The van der Waals surface area contributed by atoms with Gasteiger partial charge < -0.3 is 69.6 Å². The van der Waals surface area contributed by atoms with E-state index < -0.39 is 96.8 Å². The molecule has 0 bridgehead atoms. The van der Waals surface area contributed by atoms with Crippen LogP contribution in [0.3, 0.4) is 0 Å². The van der Waals surface area contributed by atoms with E-state index in [-0.39, 0.29) is 52.1 Å². The highest BCUT2D eigenvalue weighted by molar-refractivity contribution is 5.33. The van der Waals surface area contributed by atoms with Gasteiger partial charge >= 0.3 is 0 Å². The molecule has 5 aliphatic carbocycles. The standard InChI is InChI=1S/C41H68O14/c1-35(2)24(54-33-29(48)26(45)20(44)17-51-33)9-11-41-18-40(41)13-12-37(5)31(39(7)10-8-25(55-39)36(3,4)50)19(43)15-38(37,6)23(40)14-21(32(35)41)52-34-30(49)28(47)27(46)22(16-42)53-34/h19-34,42-50H,8-18H2,1-7H3/t19-,20-,21-,22-,23+,24+,25-,26-,27-,28+,29-,30-,31+,32+,33-,34-,37+,38+,39+,40-,41+/m0/s1. The Balaban J connectivity index is 1.15. The van der Waals surface area contributed by atoms with Gasteiger partial charge in [-0.1, -0.05) is 27.7 Å². The van der Waals surface area contributed by atoms with Crippen molar-refractivity contribution in [3.8, 4) is 0 Å². The molecule has 5 saturated carbocycles. The maximum Gasteiger partial charge on any atom is 0.186 e. The van der Waals surface area contributed by atoms with Crippen molar-refractivity contribution in [2.24, 2.45) is 44.8 Å². The molecule has 8 fully saturated rings. The SMILES string of the molecule is CC(C)(O)[C@@H]1CC[C@](C)([C@@H]2[C@@H](O)C[C@]3(C)[C@H]4C[C@H](O[C@H]5O[C@@H](CO)[C@H](O)[C@@H](O)[C@@H]5O)[C@@H]5C(C)(C)[C@H](O[C@@H]6OC[C@H](O)[C@H](O)[C@@H]6O)CC[C@@]56C[C@@]46CC[C@]23C)O1. The Morgan fingerprint density at radius 1 is 0.709 bits per heavy atom. The third-order valence-corrected chi connectivity index (χ3v) is 17.6. The Morgan fingerprint density at radius 3 is 2.05 bits per heavy atom. The fraction of sp³-hybridized carbons (Fsp3) is 1.00. The summed E-state index contributed by atoms with van der Waals surface area (Å²) in [4.78, 5) is 0. The summed E-state index contributed by atoms with van der Waals surface area (Å²) in [6.45, 7) is 13.8. The van der Waals surface area contributed by atoms with Gasteiger partial charge in [-0.25, -0.2) is 0 Å². The van der Waals surface area contributed by atoms with E-state index in [1.807, 2.05) is 0 Å². The molecule has 0 aromatic rings. The van der Waals surface area contributed by atoms with Crippen molar-refractivity contribution < 1.29 is 69.6 Å². The lowest BCUT2D eigenvalue weighted by Crippen LogP contribution is -2.65. The lowest BCUT2D eigenvalue weighted by molar-refractivity contribution is -0.339. The van der Waals surface area contributed by atoms with Crippen LogP contribution in [0.25, 0.3) is 0 Å². The number of ether oxygens (including phenoxy) is 5. The summed E-state index contributed by atoms with van der Waals surface area (Å²) in [5.41, 5.74) is -3.16. The van der Waals surface area contributed by atoms with Crippen LogP contribution < -0.4 is 0 Å². The summed E-state index contributed by atoms with van der Waals surface area (Å²) in [5.74, 6) is -0.215. The van der Waals surface area contributed by atoms with Crippen LogP contribution in [-0.4, -0.2) is 150 Å². The Bertz CT molecular complexity index is 1460. The van der Waals surface area contributed by atoms with Crippen LogP contribution in [0.5, 0.6) is 0 Å². The zero-order valence-electron chi connectivity index (χ0n) is 33.6. The zero-order chi connectivity index (χ0) is 40.1. The highest BCUT2D eigenvalue weighted by Gasteiger charge is 2.85. The van der Waals surface area contributed by atoms with E-state index in [9.17, 15) is 46.0 Å². The van der Waals surface area contributed by atoms with Crippen molar-refractivity contribution in [3.05, 3.63) is 0 Å². The fourth-order valence-electron chi connectivity index (χ4n) is 14.9. The molecule has 14 heteroatoms. The van der Waals surface area contributed by atoms with Crippen molar-refractivity contribution in [2.45, 2.75) is 197 Å². The molecule has 316 valence electrons. The molecule has 2 spiro atoms. The van der Waals surface area contributed by atoms with Crippen molar-refractivity contribution in [1.29, 1.82) is 0 Å². The molecule has 0 aromatic heterocycles. The second-order valence-corrected chi connectivity index (χ2v) is 21.1. The normalized spacial score (nSPS) is 58.7. The summed E-state index contributed by atoms with van der Waals surface area (Å²) in [5, 5.41) is 97.2. The van der Waals surface area contributed by atoms with Gasteiger partial charge in [-0.05, 0) is 117 Å². The van der Waals surface area contributed by atoms with Crippen LogP contribution in [0.15, 0.2) is 0 Å². The van der Waals surface area contributed by atoms with Crippen molar-refractivity contribution in [3.63, 3.8) is 0 Å². The minimum atomic E-state index is -1.60. The second-order valence-electron chi connectivity index (χ2n) is 21.1. The molecule has 3 heterocycles. The van der Waals surface area contributed by atoms with E-state index in [1.165, 1.54) is 0 Å². The Morgan fingerprint density at radius 2 is 1.40 bits per heavy atom. The molecule has 3 saturated heterocycles. The van der Waals surface area contributed by atoms with Gasteiger partial charge in [0.25, 0.3) is 0 Å². The minimum absolute atomic E-state index is 0.0633. The molecular weight excluding hydrogens is 716 g/mol. The summed E-state index contributed by atoms with van der Waals surface area (Å²) in [6, 6.07) is 0. The third kappa shape index (κ3) is 5.70. The van der Waals surface area contributed by atoms with Gasteiger partial charge in [0.1, 0.15) is 42.7 Å². The lowest BCUT2D eigenvalue weighted by atomic mass is 9.41. The van der Waals surface area contributed by atoms with Gasteiger partial charge in [0.05, 0.1) is 48.8 Å². The number of hydrogen-bond donors (Lipinski definition) is 9. The molecule has 21 atom stereocenters. The van der Waals surface area contributed by atoms with Gasteiger partial charge in [0.15, 0.2) is 12.6 Å². The molecule has 0 amide bonds. The quantitative estimate of drug-likeness (QED) is 0.162. The first-order chi connectivity index (χ1) is 25.5. The number of fused-ring (bicyclic) bond motifs is 2.